The van der Waals surface area contributed by atoms with E-state index in [4.69, 9.17) is 4.74 Å². The number of allylic oxidation sites excluding steroid dienone is 1. The molecule has 0 saturated heterocycles. The number of ether oxygens (including phenoxy) is 1. The minimum Gasteiger partial charge on any atom is -0.377 e. The summed E-state index contributed by atoms with van der Waals surface area (Å²) in [5.74, 6) is 4.00. The average Bonchev–Trinajstić information content (AvgIpc) is 2.63. The van der Waals surface area contributed by atoms with Crippen LogP contribution in [0.2, 0.25) is 0 Å². The Morgan fingerprint density at radius 1 is 0.792 bits per heavy atom. The van der Waals surface area contributed by atoms with Gasteiger partial charge < -0.3 is 4.74 Å². The molecule has 1 heteroatoms. The molecule has 0 spiro atoms. The first-order valence-corrected chi connectivity index (χ1v) is 11.1. The molecular formula is C23H42O. The SMILES string of the molecule is CCCCCC1CCC(C2CCC(/C=C/COCCC)CC2)CC1. The molecule has 24 heavy (non-hydrogen) atoms. The molecular weight excluding hydrogens is 292 g/mol. The smallest absolute Gasteiger partial charge is 0.0647 e. The summed E-state index contributed by atoms with van der Waals surface area (Å²) in [6.07, 6.45) is 23.6. The first-order chi connectivity index (χ1) is 11.8. The third-order valence-electron chi connectivity index (χ3n) is 6.56. The van der Waals surface area contributed by atoms with Crippen molar-refractivity contribution in [2.75, 3.05) is 13.2 Å². The molecule has 2 fully saturated rings. The molecule has 0 aromatic carbocycles. The Kier molecular flexibility index (Phi) is 10.1. The summed E-state index contributed by atoms with van der Waals surface area (Å²) in [5.41, 5.74) is 0. The highest BCUT2D eigenvalue weighted by Crippen LogP contribution is 2.42. The Bertz CT molecular complexity index is 319. The molecule has 0 aliphatic heterocycles. The number of hydrogen-bond acceptors (Lipinski definition) is 1. The molecule has 0 N–H and O–H groups in total. The second kappa shape index (κ2) is 12.1. The van der Waals surface area contributed by atoms with Crippen LogP contribution in [0.15, 0.2) is 12.2 Å². The van der Waals surface area contributed by atoms with Crippen molar-refractivity contribution < 1.29 is 4.74 Å². The van der Waals surface area contributed by atoms with Crippen molar-refractivity contribution in [3.8, 4) is 0 Å². The van der Waals surface area contributed by atoms with Gasteiger partial charge in [0, 0.05) is 6.61 Å². The van der Waals surface area contributed by atoms with E-state index in [-0.39, 0.29) is 0 Å². The number of hydrogen-bond donors (Lipinski definition) is 0. The Morgan fingerprint density at radius 3 is 2.08 bits per heavy atom. The maximum absolute atomic E-state index is 5.55. The molecule has 0 aromatic rings. The van der Waals surface area contributed by atoms with Crippen molar-refractivity contribution >= 4 is 0 Å². The molecule has 0 unspecified atom stereocenters. The zero-order chi connectivity index (χ0) is 17.0. The molecule has 2 saturated carbocycles. The zero-order valence-electron chi connectivity index (χ0n) is 16.5. The Labute approximate surface area is 151 Å². The average molecular weight is 335 g/mol. The molecule has 140 valence electrons. The van der Waals surface area contributed by atoms with Gasteiger partial charge in [0.1, 0.15) is 0 Å². The van der Waals surface area contributed by atoms with E-state index in [1.165, 1.54) is 77.0 Å². The van der Waals surface area contributed by atoms with E-state index >= 15 is 0 Å². The van der Waals surface area contributed by atoms with Crippen LogP contribution in [0.25, 0.3) is 0 Å². The molecule has 0 heterocycles. The van der Waals surface area contributed by atoms with Gasteiger partial charge in [-0.2, -0.15) is 0 Å². The van der Waals surface area contributed by atoms with E-state index in [0.717, 1.165) is 43.3 Å². The summed E-state index contributed by atoms with van der Waals surface area (Å²) in [6.45, 7) is 6.21. The monoisotopic (exact) mass is 334 g/mol. The first kappa shape index (κ1) is 20.0. The predicted octanol–water partition coefficient (Wildman–Crippen LogP) is 7.16. The molecule has 0 bridgehead atoms. The van der Waals surface area contributed by atoms with Crippen LogP contribution in [0.1, 0.15) is 97.3 Å². The Morgan fingerprint density at radius 2 is 1.46 bits per heavy atom. The van der Waals surface area contributed by atoms with Gasteiger partial charge in [-0.25, -0.2) is 0 Å². The standard InChI is InChI=1S/C23H42O/c1-3-5-6-8-20-10-14-22(15-11-20)23-16-12-21(13-17-23)9-7-19-24-18-4-2/h7,9,20-23H,3-6,8,10-19H2,1-2H3/b9-7+. The maximum atomic E-state index is 5.55. The lowest BCUT2D eigenvalue weighted by Crippen LogP contribution is -2.25. The fourth-order valence-corrected chi connectivity index (χ4v) is 4.98. The molecule has 0 aromatic heterocycles. The maximum Gasteiger partial charge on any atom is 0.0647 e. The Hall–Kier alpha value is -0.300. The van der Waals surface area contributed by atoms with E-state index in [9.17, 15) is 0 Å². The summed E-state index contributed by atoms with van der Waals surface area (Å²) in [6, 6.07) is 0. The highest BCUT2D eigenvalue weighted by Gasteiger charge is 2.30. The van der Waals surface area contributed by atoms with E-state index in [2.05, 4.69) is 26.0 Å². The van der Waals surface area contributed by atoms with E-state index in [0.29, 0.717) is 0 Å². The lowest BCUT2D eigenvalue weighted by Gasteiger charge is -2.37. The highest BCUT2D eigenvalue weighted by atomic mass is 16.5. The summed E-state index contributed by atoms with van der Waals surface area (Å²) >= 11 is 0. The van der Waals surface area contributed by atoms with Crippen molar-refractivity contribution in [3.05, 3.63) is 12.2 Å². The topological polar surface area (TPSA) is 9.23 Å². The minimum atomic E-state index is 0.815. The van der Waals surface area contributed by atoms with Crippen molar-refractivity contribution in [3.63, 3.8) is 0 Å². The van der Waals surface area contributed by atoms with Crippen LogP contribution < -0.4 is 0 Å². The van der Waals surface area contributed by atoms with Crippen LogP contribution in [0.4, 0.5) is 0 Å². The largest absolute Gasteiger partial charge is 0.377 e. The highest BCUT2D eigenvalue weighted by molar-refractivity contribution is 4.92. The Balaban J connectivity index is 1.58. The van der Waals surface area contributed by atoms with Crippen LogP contribution in [0.5, 0.6) is 0 Å². The van der Waals surface area contributed by atoms with Gasteiger partial charge in [-0.15, -0.1) is 0 Å². The molecule has 2 aliphatic rings. The van der Waals surface area contributed by atoms with Gasteiger partial charge in [0.2, 0.25) is 0 Å². The third kappa shape index (κ3) is 7.30. The van der Waals surface area contributed by atoms with Crippen molar-refractivity contribution in [2.24, 2.45) is 23.7 Å². The van der Waals surface area contributed by atoms with Crippen LogP contribution in [-0.4, -0.2) is 13.2 Å². The third-order valence-corrected chi connectivity index (χ3v) is 6.56. The quantitative estimate of drug-likeness (QED) is 0.304. The molecule has 1 nitrogen and oxygen atoms in total. The van der Waals surface area contributed by atoms with Gasteiger partial charge in [0.05, 0.1) is 6.61 Å². The normalized spacial score (nSPS) is 31.6. The van der Waals surface area contributed by atoms with Crippen LogP contribution >= 0.6 is 0 Å². The van der Waals surface area contributed by atoms with Gasteiger partial charge >= 0.3 is 0 Å². The van der Waals surface area contributed by atoms with Crippen molar-refractivity contribution in [1.29, 1.82) is 0 Å². The predicted molar refractivity (Wildman–Crippen MR) is 105 cm³/mol. The van der Waals surface area contributed by atoms with Crippen LogP contribution in [-0.2, 0) is 4.74 Å². The lowest BCUT2D eigenvalue weighted by atomic mass is 9.68. The second-order valence-corrected chi connectivity index (χ2v) is 8.45. The van der Waals surface area contributed by atoms with Crippen molar-refractivity contribution in [1.82, 2.24) is 0 Å². The van der Waals surface area contributed by atoms with Gasteiger partial charge in [-0.1, -0.05) is 64.5 Å². The van der Waals surface area contributed by atoms with E-state index in [1.807, 2.05) is 0 Å². The van der Waals surface area contributed by atoms with Gasteiger partial charge in [0.25, 0.3) is 0 Å². The second-order valence-electron chi connectivity index (χ2n) is 8.45. The van der Waals surface area contributed by atoms with Gasteiger partial charge in [-0.3, -0.25) is 0 Å². The van der Waals surface area contributed by atoms with E-state index < -0.39 is 0 Å². The van der Waals surface area contributed by atoms with Gasteiger partial charge in [-0.05, 0) is 68.6 Å². The van der Waals surface area contributed by atoms with Crippen LogP contribution in [0.3, 0.4) is 0 Å². The van der Waals surface area contributed by atoms with Crippen LogP contribution in [0, 0.1) is 23.7 Å². The fraction of sp³-hybridized carbons (Fsp3) is 0.913. The summed E-state index contributed by atoms with van der Waals surface area (Å²) < 4.78 is 5.55. The molecule has 2 rings (SSSR count). The van der Waals surface area contributed by atoms with Crippen molar-refractivity contribution in [2.45, 2.75) is 97.3 Å². The number of unbranched alkanes of at least 4 members (excludes halogenated alkanes) is 2. The summed E-state index contributed by atoms with van der Waals surface area (Å²) in [5, 5.41) is 0. The minimum absolute atomic E-state index is 0.815. The number of rotatable bonds is 10. The summed E-state index contributed by atoms with van der Waals surface area (Å²) in [4.78, 5) is 0. The summed E-state index contributed by atoms with van der Waals surface area (Å²) in [7, 11) is 0. The zero-order valence-corrected chi connectivity index (χ0v) is 16.5. The lowest BCUT2D eigenvalue weighted by molar-refractivity contribution is 0.150. The molecule has 0 amide bonds. The molecule has 2 aliphatic carbocycles. The molecule has 0 atom stereocenters. The molecule has 0 radical (unpaired) electrons. The van der Waals surface area contributed by atoms with Gasteiger partial charge in [0.15, 0.2) is 0 Å². The first-order valence-electron chi connectivity index (χ1n) is 11.1. The van der Waals surface area contributed by atoms with E-state index in [1.54, 1.807) is 0 Å². The fourth-order valence-electron chi connectivity index (χ4n) is 4.98.